The minimum absolute atomic E-state index is 0.448. The van der Waals surface area contributed by atoms with Gasteiger partial charge < -0.3 is 0 Å². The van der Waals surface area contributed by atoms with Crippen molar-refractivity contribution in [2.75, 3.05) is 0 Å². The molecule has 0 heterocycles. The Bertz CT molecular complexity index is 421. The lowest BCUT2D eigenvalue weighted by Gasteiger charge is -1.97. The predicted octanol–water partition coefficient (Wildman–Crippen LogP) is 2.70. The molecule has 0 amide bonds. The topological polar surface area (TPSA) is 43.1 Å². The molecule has 5 heteroatoms. The third-order valence-corrected chi connectivity index (χ3v) is 1.58. The third-order valence-electron chi connectivity index (χ3n) is 1.21. The van der Waals surface area contributed by atoms with Gasteiger partial charge in [0.15, 0.2) is 5.02 Å². The Balaban J connectivity index is 3.43. The zero-order valence-corrected chi connectivity index (χ0v) is 6.43. The van der Waals surface area contributed by atoms with Crippen molar-refractivity contribution >= 4 is 17.3 Å². The Labute approximate surface area is 77.1 Å². The summed E-state index contributed by atoms with van der Waals surface area (Å²) in [6.45, 7) is -2.60. The zero-order chi connectivity index (χ0) is 11.8. The highest BCUT2D eigenvalue weighted by Gasteiger charge is 2.16. The van der Waals surface area contributed by atoms with E-state index in [2.05, 4.69) is 0 Å². The third kappa shape index (κ3) is 1.53. The van der Waals surface area contributed by atoms with Crippen molar-refractivity contribution in [3.05, 3.63) is 38.7 Å². The molecule has 1 aromatic carbocycles. The summed E-state index contributed by atoms with van der Waals surface area (Å²) in [6, 6.07) is 1.42. The van der Waals surface area contributed by atoms with Gasteiger partial charge in [-0.1, -0.05) is 11.6 Å². The van der Waals surface area contributed by atoms with Gasteiger partial charge in [0.25, 0.3) is 5.69 Å². The molecule has 0 saturated heterocycles. The van der Waals surface area contributed by atoms with Crippen LogP contribution in [0.25, 0.3) is 0 Å². The van der Waals surface area contributed by atoms with Crippen molar-refractivity contribution in [2.45, 2.75) is 6.85 Å². The summed E-state index contributed by atoms with van der Waals surface area (Å²) in [5.74, 6) is -1.11. The molecule has 0 aliphatic rings. The van der Waals surface area contributed by atoms with E-state index in [1.807, 2.05) is 0 Å². The van der Waals surface area contributed by atoms with Crippen LogP contribution in [0.2, 0.25) is 5.02 Å². The van der Waals surface area contributed by atoms with E-state index in [4.69, 9.17) is 15.7 Å². The van der Waals surface area contributed by atoms with Gasteiger partial charge in [0.05, 0.1) is 4.92 Å². The van der Waals surface area contributed by atoms with Crippen LogP contribution in [0.15, 0.2) is 12.1 Å². The molecule has 0 unspecified atom stereocenters. The molecule has 0 N–H and O–H groups in total. The van der Waals surface area contributed by atoms with E-state index >= 15 is 0 Å². The van der Waals surface area contributed by atoms with Crippen LogP contribution in [0.3, 0.4) is 0 Å². The number of benzene rings is 1. The number of nitro groups is 1. The summed E-state index contributed by atoms with van der Waals surface area (Å²) >= 11 is 5.31. The van der Waals surface area contributed by atoms with E-state index in [0.717, 1.165) is 6.07 Å². The lowest BCUT2D eigenvalue weighted by Crippen LogP contribution is -1.92. The molecule has 0 radical (unpaired) electrons. The summed E-state index contributed by atoms with van der Waals surface area (Å²) < 4.78 is 34.0. The second kappa shape index (κ2) is 3.06. The van der Waals surface area contributed by atoms with Crippen LogP contribution < -0.4 is 0 Å². The first-order chi connectivity index (χ1) is 6.73. The molecule has 0 fully saturated rings. The van der Waals surface area contributed by atoms with E-state index < -0.39 is 33.9 Å². The molecule has 64 valence electrons. The normalized spacial score (nSPS) is 14.7. The van der Waals surface area contributed by atoms with Gasteiger partial charge in [0.2, 0.25) is 0 Å². The number of rotatable bonds is 1. The van der Waals surface area contributed by atoms with Crippen LogP contribution in [-0.4, -0.2) is 4.92 Å². The van der Waals surface area contributed by atoms with Gasteiger partial charge in [-0.05, 0) is 18.5 Å². The molecule has 3 nitrogen and oxygen atoms in total. The average Bonchev–Trinajstić information content (AvgIpc) is 2.06. The SMILES string of the molecule is [2H]C([2H])([2H])c1cc(F)c(Cl)c([N+](=O)[O-])c1. The molecule has 1 aromatic rings. The highest BCUT2D eigenvalue weighted by Crippen LogP contribution is 2.27. The van der Waals surface area contributed by atoms with Crippen molar-refractivity contribution in [3.63, 3.8) is 0 Å². The fourth-order valence-electron chi connectivity index (χ4n) is 0.707. The van der Waals surface area contributed by atoms with Crippen molar-refractivity contribution < 1.29 is 13.4 Å². The van der Waals surface area contributed by atoms with Gasteiger partial charge in [-0.25, -0.2) is 4.39 Å². The minimum Gasteiger partial charge on any atom is -0.258 e. The Morgan fingerprint density at radius 1 is 1.75 bits per heavy atom. The van der Waals surface area contributed by atoms with Gasteiger partial charge in [0.1, 0.15) is 5.82 Å². The van der Waals surface area contributed by atoms with E-state index in [1.54, 1.807) is 0 Å². The summed E-state index contributed by atoms with van der Waals surface area (Å²) in [5.41, 5.74) is -1.20. The first-order valence-electron chi connectivity index (χ1n) is 4.37. The Morgan fingerprint density at radius 2 is 2.42 bits per heavy atom. The van der Waals surface area contributed by atoms with Crippen LogP contribution in [0.1, 0.15) is 9.68 Å². The van der Waals surface area contributed by atoms with Crippen LogP contribution >= 0.6 is 11.6 Å². The lowest BCUT2D eigenvalue weighted by molar-refractivity contribution is -0.384. The first-order valence-corrected chi connectivity index (χ1v) is 3.25. The number of aryl methyl sites for hydroxylation is 1. The molecule has 0 atom stereocenters. The summed E-state index contributed by atoms with van der Waals surface area (Å²) in [6.07, 6.45) is 0. The molecular weight excluding hydrogens is 185 g/mol. The molecule has 0 spiro atoms. The fraction of sp³-hybridized carbons (Fsp3) is 0.143. The van der Waals surface area contributed by atoms with Crippen LogP contribution in [0.4, 0.5) is 10.1 Å². The van der Waals surface area contributed by atoms with Crippen LogP contribution in [0.5, 0.6) is 0 Å². The Morgan fingerprint density at radius 3 is 2.92 bits per heavy atom. The monoisotopic (exact) mass is 192 g/mol. The van der Waals surface area contributed by atoms with Gasteiger partial charge in [0, 0.05) is 10.2 Å². The molecule has 0 aliphatic carbocycles. The molecule has 0 aliphatic heterocycles. The minimum atomic E-state index is -2.60. The fourth-order valence-corrected chi connectivity index (χ4v) is 0.886. The van der Waals surface area contributed by atoms with E-state index in [-0.39, 0.29) is 0 Å². The molecule has 12 heavy (non-hydrogen) atoms. The van der Waals surface area contributed by atoms with E-state index in [0.29, 0.717) is 6.07 Å². The molecule has 1 rings (SSSR count). The molecule has 0 saturated carbocycles. The highest BCUT2D eigenvalue weighted by atomic mass is 35.5. The standard InChI is InChI=1S/C7H5ClFNO2/c1-4-2-5(9)7(8)6(3-4)10(11)12/h2-3H,1H3/i1D3. The van der Waals surface area contributed by atoms with Gasteiger partial charge in [-0.2, -0.15) is 0 Å². The highest BCUT2D eigenvalue weighted by molar-refractivity contribution is 6.32. The maximum Gasteiger partial charge on any atom is 0.291 e. The number of halogens is 2. The van der Waals surface area contributed by atoms with E-state index in [1.165, 1.54) is 0 Å². The Kier molecular flexibility index (Phi) is 1.40. The second-order valence-corrected chi connectivity index (χ2v) is 2.43. The second-order valence-electron chi connectivity index (χ2n) is 2.05. The summed E-state index contributed by atoms with van der Waals surface area (Å²) in [7, 11) is 0. The lowest BCUT2D eigenvalue weighted by atomic mass is 10.2. The van der Waals surface area contributed by atoms with Crippen molar-refractivity contribution in [3.8, 4) is 0 Å². The van der Waals surface area contributed by atoms with Crippen molar-refractivity contribution in [1.29, 1.82) is 0 Å². The largest absolute Gasteiger partial charge is 0.291 e. The summed E-state index contributed by atoms with van der Waals surface area (Å²) in [4.78, 5) is 9.49. The number of hydrogen-bond donors (Lipinski definition) is 0. The first kappa shape index (κ1) is 5.48. The summed E-state index contributed by atoms with van der Waals surface area (Å²) in [5, 5.41) is 9.74. The number of hydrogen-bond acceptors (Lipinski definition) is 2. The van der Waals surface area contributed by atoms with Gasteiger partial charge in [-0.15, -0.1) is 0 Å². The number of nitrogens with zero attached hydrogens (tertiary/aromatic N) is 1. The van der Waals surface area contributed by atoms with Crippen LogP contribution in [-0.2, 0) is 0 Å². The molecular formula is C7H5ClFNO2. The Hall–Kier alpha value is -1.16. The maximum absolute atomic E-state index is 13.0. The number of nitro benzene ring substituents is 1. The van der Waals surface area contributed by atoms with E-state index in [9.17, 15) is 14.5 Å². The van der Waals surface area contributed by atoms with Crippen molar-refractivity contribution in [1.82, 2.24) is 0 Å². The quantitative estimate of drug-likeness (QED) is 0.507. The predicted molar refractivity (Wildman–Crippen MR) is 42.8 cm³/mol. The van der Waals surface area contributed by atoms with Crippen LogP contribution in [0, 0.1) is 22.8 Å². The van der Waals surface area contributed by atoms with Gasteiger partial charge >= 0.3 is 0 Å². The average molecular weight is 193 g/mol. The zero-order valence-electron chi connectivity index (χ0n) is 8.67. The van der Waals surface area contributed by atoms with Gasteiger partial charge in [-0.3, -0.25) is 10.1 Å². The van der Waals surface area contributed by atoms with Crippen molar-refractivity contribution in [2.24, 2.45) is 0 Å². The maximum atomic E-state index is 13.0. The smallest absolute Gasteiger partial charge is 0.258 e. The molecule has 0 bridgehead atoms. The molecule has 0 aromatic heterocycles.